The van der Waals surface area contributed by atoms with Gasteiger partial charge < -0.3 is 14.7 Å². The van der Waals surface area contributed by atoms with Crippen LogP contribution in [0.4, 0.5) is 0 Å². The van der Waals surface area contributed by atoms with E-state index in [1.807, 2.05) is 19.2 Å². The van der Waals surface area contributed by atoms with Gasteiger partial charge in [0.15, 0.2) is 5.76 Å². The van der Waals surface area contributed by atoms with Gasteiger partial charge in [0.05, 0.1) is 0 Å². The molecule has 1 atom stereocenters. The molecule has 1 saturated heterocycles. The Kier molecular flexibility index (Phi) is 5.75. The van der Waals surface area contributed by atoms with Gasteiger partial charge in [-0.2, -0.15) is 0 Å². The molecule has 0 aliphatic carbocycles. The molecule has 6 heteroatoms. The third-order valence-corrected chi connectivity index (χ3v) is 5.48. The summed E-state index contributed by atoms with van der Waals surface area (Å²) in [7, 11) is 0. The van der Waals surface area contributed by atoms with Crippen molar-refractivity contribution in [1.29, 1.82) is 0 Å². The first-order valence-corrected chi connectivity index (χ1v) is 9.90. The van der Waals surface area contributed by atoms with Crippen LogP contribution in [0.2, 0.25) is 0 Å². The number of likely N-dealkylation sites (tertiary alicyclic amines) is 1. The molecule has 1 aliphatic rings. The van der Waals surface area contributed by atoms with E-state index in [4.69, 9.17) is 10.2 Å². The largest absolute Gasteiger partial charge is 0.455 e. The van der Waals surface area contributed by atoms with E-state index >= 15 is 0 Å². The zero-order chi connectivity index (χ0) is 19.6. The molecule has 0 saturated carbocycles. The zero-order valence-electron chi connectivity index (χ0n) is 17.0. The highest BCUT2D eigenvalue weighted by atomic mass is 16.4. The third-order valence-electron chi connectivity index (χ3n) is 5.48. The maximum Gasteiger partial charge on any atom is 0.284 e. The Hall–Kier alpha value is -2.08. The lowest BCUT2D eigenvalue weighted by atomic mass is 9.89. The number of carbonyl (C=O) groups is 1. The Morgan fingerprint density at radius 2 is 2.15 bits per heavy atom. The maximum atomic E-state index is 11.6. The van der Waals surface area contributed by atoms with Crippen molar-refractivity contribution in [3.05, 3.63) is 41.4 Å². The van der Waals surface area contributed by atoms with Gasteiger partial charge in [-0.25, -0.2) is 4.98 Å². The van der Waals surface area contributed by atoms with Crippen molar-refractivity contribution in [3.8, 4) is 0 Å². The number of rotatable bonds is 6. The van der Waals surface area contributed by atoms with Crippen LogP contribution in [0, 0.1) is 6.92 Å². The summed E-state index contributed by atoms with van der Waals surface area (Å²) in [5, 5.41) is 0. The van der Waals surface area contributed by atoms with Gasteiger partial charge in [0.2, 0.25) is 0 Å². The van der Waals surface area contributed by atoms with Gasteiger partial charge >= 0.3 is 0 Å². The Morgan fingerprint density at radius 1 is 1.37 bits per heavy atom. The molecular formula is C21H32N4O2. The molecule has 3 rings (SSSR count). The van der Waals surface area contributed by atoms with Crippen molar-refractivity contribution < 1.29 is 9.21 Å². The number of primary amides is 1. The first kappa shape index (κ1) is 19.7. The second-order valence-corrected chi connectivity index (χ2v) is 8.66. The number of nitrogens with two attached hydrogens (primary N) is 1. The smallest absolute Gasteiger partial charge is 0.284 e. The van der Waals surface area contributed by atoms with E-state index in [1.165, 1.54) is 19.3 Å². The lowest BCUT2D eigenvalue weighted by Gasteiger charge is -2.36. The number of hydrogen-bond donors (Lipinski definition) is 1. The van der Waals surface area contributed by atoms with Crippen molar-refractivity contribution in [2.45, 2.75) is 77.9 Å². The van der Waals surface area contributed by atoms with E-state index in [-0.39, 0.29) is 11.2 Å². The molecule has 1 unspecified atom stereocenters. The fourth-order valence-electron chi connectivity index (χ4n) is 4.04. The molecule has 1 aliphatic heterocycles. The predicted molar refractivity (Wildman–Crippen MR) is 106 cm³/mol. The van der Waals surface area contributed by atoms with Gasteiger partial charge in [-0.3, -0.25) is 9.69 Å². The van der Waals surface area contributed by atoms with Crippen LogP contribution in [-0.4, -0.2) is 32.9 Å². The number of imidazole rings is 1. The SMILES string of the molecule is Cc1nccn1CCC1CCCCN1Cc1cc(C(N)=O)oc1C(C)(C)C. The summed E-state index contributed by atoms with van der Waals surface area (Å²) in [6.07, 6.45) is 8.71. The van der Waals surface area contributed by atoms with Crippen molar-refractivity contribution in [2.75, 3.05) is 6.54 Å². The van der Waals surface area contributed by atoms with Gasteiger partial charge in [-0.05, 0) is 38.8 Å². The summed E-state index contributed by atoms with van der Waals surface area (Å²) in [5.74, 6) is 1.69. The molecule has 0 aromatic carbocycles. The summed E-state index contributed by atoms with van der Waals surface area (Å²) in [5.41, 5.74) is 6.38. The first-order valence-electron chi connectivity index (χ1n) is 9.90. The summed E-state index contributed by atoms with van der Waals surface area (Å²) in [6.45, 7) is 11.2. The van der Waals surface area contributed by atoms with E-state index in [1.54, 1.807) is 0 Å². The molecule has 148 valence electrons. The van der Waals surface area contributed by atoms with Crippen molar-refractivity contribution >= 4 is 5.91 Å². The lowest BCUT2D eigenvalue weighted by molar-refractivity contribution is 0.0970. The normalized spacial score (nSPS) is 18.7. The minimum atomic E-state index is -0.502. The lowest BCUT2D eigenvalue weighted by Crippen LogP contribution is -2.39. The van der Waals surface area contributed by atoms with Crippen molar-refractivity contribution in [2.24, 2.45) is 5.73 Å². The molecular weight excluding hydrogens is 340 g/mol. The van der Waals surface area contributed by atoms with Gasteiger partial charge in [0.25, 0.3) is 5.91 Å². The molecule has 0 radical (unpaired) electrons. The maximum absolute atomic E-state index is 11.6. The van der Waals surface area contributed by atoms with Crippen LogP contribution in [0.15, 0.2) is 22.9 Å². The highest BCUT2D eigenvalue weighted by Gasteiger charge is 2.29. The number of carbonyl (C=O) groups excluding carboxylic acids is 1. The number of aryl methyl sites for hydroxylation is 2. The third kappa shape index (κ3) is 4.61. The molecule has 2 aromatic heterocycles. The number of nitrogens with zero attached hydrogens (tertiary/aromatic N) is 3. The highest BCUT2D eigenvalue weighted by Crippen LogP contribution is 2.32. The summed E-state index contributed by atoms with van der Waals surface area (Å²) in [4.78, 5) is 18.5. The van der Waals surface area contributed by atoms with Crippen LogP contribution in [0.3, 0.4) is 0 Å². The van der Waals surface area contributed by atoms with Crippen molar-refractivity contribution in [1.82, 2.24) is 14.5 Å². The number of aromatic nitrogens is 2. The van der Waals surface area contributed by atoms with E-state index in [9.17, 15) is 4.79 Å². The molecule has 0 bridgehead atoms. The van der Waals surface area contributed by atoms with Crippen LogP contribution in [0.25, 0.3) is 0 Å². The first-order chi connectivity index (χ1) is 12.8. The number of furan rings is 1. The summed E-state index contributed by atoms with van der Waals surface area (Å²) >= 11 is 0. The standard InChI is InChI=1S/C21H32N4O2/c1-15-23-9-12-24(15)11-8-17-7-5-6-10-25(17)14-16-13-18(20(22)26)27-19(16)21(2,3)4/h9,12-13,17H,5-8,10-11,14H2,1-4H3,(H2,22,26). The van der Waals surface area contributed by atoms with Crippen molar-refractivity contribution in [3.63, 3.8) is 0 Å². The molecule has 6 nitrogen and oxygen atoms in total. The average Bonchev–Trinajstić information content (AvgIpc) is 3.20. The Labute approximate surface area is 161 Å². The quantitative estimate of drug-likeness (QED) is 0.840. The van der Waals surface area contributed by atoms with Gasteiger partial charge in [0.1, 0.15) is 11.6 Å². The minimum Gasteiger partial charge on any atom is -0.455 e. The minimum absolute atomic E-state index is 0.164. The molecule has 27 heavy (non-hydrogen) atoms. The molecule has 2 aromatic rings. The average molecular weight is 373 g/mol. The van der Waals surface area contributed by atoms with Gasteiger partial charge in [-0.1, -0.05) is 27.2 Å². The summed E-state index contributed by atoms with van der Waals surface area (Å²) < 4.78 is 8.06. The fraction of sp³-hybridized carbons (Fsp3) is 0.619. The second kappa shape index (κ2) is 7.89. The molecule has 1 amide bonds. The van der Waals surface area contributed by atoms with Crippen LogP contribution in [-0.2, 0) is 18.5 Å². The van der Waals surface area contributed by atoms with Crippen LogP contribution < -0.4 is 5.73 Å². The van der Waals surface area contributed by atoms with E-state index < -0.39 is 5.91 Å². The van der Waals surface area contributed by atoms with Crippen LogP contribution >= 0.6 is 0 Å². The van der Waals surface area contributed by atoms with Gasteiger partial charge in [-0.15, -0.1) is 0 Å². The van der Waals surface area contributed by atoms with Crippen LogP contribution in [0.5, 0.6) is 0 Å². The Bertz CT molecular complexity index is 784. The Morgan fingerprint density at radius 3 is 2.78 bits per heavy atom. The van der Waals surface area contributed by atoms with Crippen LogP contribution in [0.1, 0.15) is 74.2 Å². The van der Waals surface area contributed by atoms with E-state index in [0.29, 0.717) is 6.04 Å². The monoisotopic (exact) mass is 372 g/mol. The summed E-state index contributed by atoms with van der Waals surface area (Å²) in [6, 6.07) is 2.37. The predicted octanol–water partition coefficient (Wildman–Crippen LogP) is 3.63. The number of hydrogen-bond acceptors (Lipinski definition) is 4. The Balaban J connectivity index is 1.76. The topological polar surface area (TPSA) is 77.3 Å². The molecule has 1 fully saturated rings. The molecule has 2 N–H and O–H groups in total. The zero-order valence-corrected chi connectivity index (χ0v) is 17.0. The molecule has 3 heterocycles. The fourth-order valence-corrected chi connectivity index (χ4v) is 4.04. The number of amides is 1. The highest BCUT2D eigenvalue weighted by molar-refractivity contribution is 5.90. The second-order valence-electron chi connectivity index (χ2n) is 8.66. The van der Waals surface area contributed by atoms with Gasteiger partial charge in [0, 0.05) is 42.5 Å². The molecule has 0 spiro atoms. The van der Waals surface area contributed by atoms with E-state index in [2.05, 4.69) is 41.4 Å². The number of piperidine rings is 1. The van der Waals surface area contributed by atoms with E-state index in [0.717, 1.165) is 43.2 Å².